The molecule has 1 heterocycles. The number of rotatable bonds is 11. The first-order valence-electron chi connectivity index (χ1n) is 12.5. The van der Waals surface area contributed by atoms with Crippen LogP contribution in [0.2, 0.25) is 0 Å². The van der Waals surface area contributed by atoms with Crippen molar-refractivity contribution in [2.75, 3.05) is 27.4 Å². The number of ether oxygens (including phenoxy) is 4. The molecule has 0 bridgehead atoms. The standard InChI is InChI=1S/C30H33NO7/c1-20-25(35-2)17-23(18-26(20)36-3)27(32)28(37-15-14-21-10-6-4-7-11-21)29(33)31-24(19-38-30(31)34)16-22-12-8-5-9-13-22/h4-13,17-18,24,27-28,32H,14-16,19H2,1-3H3/t24-,27+,28+/m0/s1. The average Bonchev–Trinajstić information content (AvgIpc) is 3.31. The zero-order valence-electron chi connectivity index (χ0n) is 21.8. The quantitative estimate of drug-likeness (QED) is 0.404. The molecule has 8 heteroatoms. The van der Waals surface area contributed by atoms with Gasteiger partial charge in [-0.2, -0.15) is 0 Å². The Kier molecular flexibility index (Phi) is 8.99. The summed E-state index contributed by atoms with van der Waals surface area (Å²) in [5.74, 6) is 0.334. The molecule has 1 saturated heterocycles. The molecule has 3 atom stereocenters. The van der Waals surface area contributed by atoms with Gasteiger partial charge in [-0.1, -0.05) is 60.7 Å². The molecule has 0 unspecified atom stereocenters. The topological polar surface area (TPSA) is 94.5 Å². The van der Waals surface area contributed by atoms with Gasteiger partial charge < -0.3 is 24.1 Å². The van der Waals surface area contributed by atoms with Crippen LogP contribution in [0.25, 0.3) is 0 Å². The molecule has 0 aliphatic carbocycles. The molecule has 38 heavy (non-hydrogen) atoms. The van der Waals surface area contributed by atoms with E-state index in [4.69, 9.17) is 18.9 Å². The molecule has 1 aliphatic heterocycles. The van der Waals surface area contributed by atoms with Crippen LogP contribution in [0.4, 0.5) is 4.79 Å². The molecular formula is C30H33NO7. The molecular weight excluding hydrogens is 486 g/mol. The van der Waals surface area contributed by atoms with Crippen molar-refractivity contribution in [2.45, 2.75) is 38.0 Å². The lowest BCUT2D eigenvalue weighted by molar-refractivity contribution is -0.150. The van der Waals surface area contributed by atoms with E-state index in [0.717, 1.165) is 21.6 Å². The fourth-order valence-electron chi connectivity index (χ4n) is 4.60. The summed E-state index contributed by atoms with van der Waals surface area (Å²) < 4.78 is 22.2. The summed E-state index contributed by atoms with van der Waals surface area (Å²) in [7, 11) is 3.04. The van der Waals surface area contributed by atoms with E-state index in [9.17, 15) is 14.7 Å². The van der Waals surface area contributed by atoms with Crippen LogP contribution in [-0.4, -0.2) is 61.6 Å². The molecule has 1 N–H and O–H groups in total. The lowest BCUT2D eigenvalue weighted by Crippen LogP contribution is -2.48. The van der Waals surface area contributed by atoms with Crippen molar-refractivity contribution in [3.63, 3.8) is 0 Å². The predicted octanol–water partition coefficient (Wildman–Crippen LogP) is 4.26. The monoisotopic (exact) mass is 519 g/mol. The van der Waals surface area contributed by atoms with Gasteiger partial charge in [0.25, 0.3) is 5.91 Å². The van der Waals surface area contributed by atoms with Crippen molar-refractivity contribution in [1.29, 1.82) is 0 Å². The Hall–Kier alpha value is -3.88. The SMILES string of the molecule is COc1cc([C@@H](O)[C@@H](OCCc2ccccc2)C(=O)N2C(=O)OC[C@@H]2Cc2ccccc2)cc(OC)c1C. The maximum Gasteiger partial charge on any atom is 0.417 e. The fourth-order valence-corrected chi connectivity index (χ4v) is 4.60. The van der Waals surface area contributed by atoms with E-state index in [0.29, 0.717) is 29.9 Å². The van der Waals surface area contributed by atoms with Crippen molar-refractivity contribution in [3.8, 4) is 11.5 Å². The van der Waals surface area contributed by atoms with E-state index < -0.39 is 30.3 Å². The van der Waals surface area contributed by atoms with Crippen molar-refractivity contribution in [2.24, 2.45) is 0 Å². The molecule has 3 aromatic rings. The second-order valence-corrected chi connectivity index (χ2v) is 9.15. The fraction of sp³-hybridized carbons (Fsp3) is 0.333. The molecule has 1 aliphatic rings. The van der Waals surface area contributed by atoms with Gasteiger partial charge in [0, 0.05) is 5.56 Å². The van der Waals surface area contributed by atoms with Crippen LogP contribution >= 0.6 is 0 Å². The third kappa shape index (κ3) is 6.15. The van der Waals surface area contributed by atoms with E-state index in [1.54, 1.807) is 12.1 Å². The first-order chi connectivity index (χ1) is 18.4. The molecule has 8 nitrogen and oxygen atoms in total. The Labute approximate surface area is 222 Å². The van der Waals surface area contributed by atoms with Gasteiger partial charge >= 0.3 is 6.09 Å². The van der Waals surface area contributed by atoms with Gasteiger partial charge in [-0.15, -0.1) is 0 Å². The summed E-state index contributed by atoms with van der Waals surface area (Å²) in [6, 6.07) is 22.0. The molecule has 2 amide bonds. The van der Waals surface area contributed by atoms with Gasteiger partial charge in [0.15, 0.2) is 6.10 Å². The normalized spacial score (nSPS) is 16.6. The average molecular weight is 520 g/mol. The van der Waals surface area contributed by atoms with Crippen LogP contribution in [0.5, 0.6) is 11.5 Å². The highest BCUT2D eigenvalue weighted by molar-refractivity contribution is 5.96. The van der Waals surface area contributed by atoms with Gasteiger partial charge in [-0.3, -0.25) is 4.79 Å². The first-order valence-corrected chi connectivity index (χ1v) is 12.5. The molecule has 0 radical (unpaired) electrons. The highest BCUT2D eigenvalue weighted by atomic mass is 16.6. The van der Waals surface area contributed by atoms with E-state index in [1.165, 1.54) is 14.2 Å². The van der Waals surface area contributed by atoms with Crippen molar-refractivity contribution < 1.29 is 33.6 Å². The highest BCUT2D eigenvalue weighted by Gasteiger charge is 2.44. The van der Waals surface area contributed by atoms with E-state index in [1.807, 2.05) is 67.6 Å². The third-order valence-corrected chi connectivity index (χ3v) is 6.69. The predicted molar refractivity (Wildman–Crippen MR) is 141 cm³/mol. The highest BCUT2D eigenvalue weighted by Crippen LogP contribution is 2.34. The Morgan fingerprint density at radius 2 is 1.58 bits per heavy atom. The van der Waals surface area contributed by atoms with Crippen LogP contribution in [0, 0.1) is 6.92 Å². The minimum Gasteiger partial charge on any atom is -0.496 e. The Balaban J connectivity index is 1.62. The zero-order valence-corrected chi connectivity index (χ0v) is 21.8. The van der Waals surface area contributed by atoms with Crippen LogP contribution in [0.1, 0.15) is 28.4 Å². The summed E-state index contributed by atoms with van der Waals surface area (Å²) in [6.45, 7) is 2.06. The number of hydrogen-bond acceptors (Lipinski definition) is 7. The number of amides is 2. The van der Waals surface area contributed by atoms with Crippen LogP contribution in [-0.2, 0) is 27.1 Å². The second-order valence-electron chi connectivity index (χ2n) is 9.15. The van der Waals surface area contributed by atoms with Crippen molar-refractivity contribution in [3.05, 3.63) is 95.1 Å². The molecule has 0 aromatic heterocycles. The van der Waals surface area contributed by atoms with Gasteiger partial charge in [-0.05, 0) is 48.6 Å². The smallest absolute Gasteiger partial charge is 0.417 e. The molecule has 0 spiro atoms. The molecule has 4 rings (SSSR count). The van der Waals surface area contributed by atoms with Crippen LogP contribution in [0.3, 0.4) is 0 Å². The number of cyclic esters (lactones) is 1. The Morgan fingerprint density at radius 1 is 1.00 bits per heavy atom. The van der Waals surface area contributed by atoms with E-state index >= 15 is 0 Å². The number of aliphatic hydroxyl groups is 1. The number of methoxy groups -OCH3 is 2. The number of imide groups is 1. The largest absolute Gasteiger partial charge is 0.496 e. The van der Waals surface area contributed by atoms with Crippen LogP contribution < -0.4 is 9.47 Å². The summed E-state index contributed by atoms with van der Waals surface area (Å²) >= 11 is 0. The van der Waals surface area contributed by atoms with Gasteiger partial charge in [0.05, 0.1) is 26.9 Å². The molecule has 3 aromatic carbocycles. The minimum absolute atomic E-state index is 0.0679. The Bertz CT molecular complexity index is 1210. The van der Waals surface area contributed by atoms with Crippen molar-refractivity contribution >= 4 is 12.0 Å². The minimum atomic E-state index is -1.40. The molecule has 0 saturated carbocycles. The Morgan fingerprint density at radius 3 is 2.16 bits per heavy atom. The molecule has 200 valence electrons. The molecule has 1 fully saturated rings. The zero-order chi connectivity index (χ0) is 27.1. The van der Waals surface area contributed by atoms with E-state index in [-0.39, 0.29) is 13.2 Å². The van der Waals surface area contributed by atoms with Crippen molar-refractivity contribution in [1.82, 2.24) is 4.90 Å². The number of carbonyl (C=O) groups excluding carboxylic acids is 2. The number of aliphatic hydroxyl groups excluding tert-OH is 1. The first kappa shape index (κ1) is 27.2. The summed E-state index contributed by atoms with van der Waals surface area (Å²) in [5.41, 5.74) is 3.11. The van der Waals surface area contributed by atoms with Crippen LogP contribution in [0.15, 0.2) is 72.8 Å². The van der Waals surface area contributed by atoms with Gasteiger partial charge in [0.1, 0.15) is 24.2 Å². The lowest BCUT2D eigenvalue weighted by Gasteiger charge is -2.28. The number of hydrogen-bond donors (Lipinski definition) is 1. The van der Waals surface area contributed by atoms with Gasteiger partial charge in [-0.25, -0.2) is 9.69 Å². The van der Waals surface area contributed by atoms with E-state index in [2.05, 4.69) is 0 Å². The number of nitrogens with zero attached hydrogens (tertiary/aromatic N) is 1. The number of carbonyl (C=O) groups is 2. The van der Waals surface area contributed by atoms with Gasteiger partial charge in [0.2, 0.25) is 0 Å². The summed E-state index contributed by atoms with van der Waals surface area (Å²) in [5, 5.41) is 11.5. The second kappa shape index (κ2) is 12.6. The maximum absolute atomic E-state index is 13.9. The lowest BCUT2D eigenvalue weighted by atomic mass is 9.99. The third-order valence-electron chi connectivity index (χ3n) is 6.69. The summed E-state index contributed by atoms with van der Waals surface area (Å²) in [4.78, 5) is 27.7. The number of benzene rings is 3. The summed E-state index contributed by atoms with van der Waals surface area (Å²) in [6.07, 6.45) is -2.56. The maximum atomic E-state index is 13.9.